The van der Waals surface area contributed by atoms with Crippen molar-refractivity contribution in [2.75, 3.05) is 46.4 Å². The van der Waals surface area contributed by atoms with Crippen molar-refractivity contribution in [3.63, 3.8) is 0 Å². The standard InChI is InChI=1S/C13H24N2O4/c1-3-14-4-5-19-11(8-14)9-15-7-10(16)6-12(15)13(17)18-2/h10-12,16H,3-9H2,1-2H3. The highest BCUT2D eigenvalue weighted by Crippen LogP contribution is 2.20. The lowest BCUT2D eigenvalue weighted by atomic mass is 10.2. The Hall–Kier alpha value is -0.690. The third-order valence-corrected chi connectivity index (χ3v) is 3.96. The molecule has 6 heteroatoms. The van der Waals surface area contributed by atoms with Gasteiger partial charge in [-0.2, -0.15) is 0 Å². The molecule has 2 rings (SSSR count). The van der Waals surface area contributed by atoms with Crippen LogP contribution in [0.5, 0.6) is 0 Å². The molecule has 0 aromatic rings. The summed E-state index contributed by atoms with van der Waals surface area (Å²) in [6, 6.07) is -0.333. The van der Waals surface area contributed by atoms with Crippen molar-refractivity contribution in [3.05, 3.63) is 0 Å². The zero-order chi connectivity index (χ0) is 13.8. The number of ether oxygens (including phenoxy) is 2. The molecule has 6 nitrogen and oxygen atoms in total. The zero-order valence-electron chi connectivity index (χ0n) is 11.7. The molecular weight excluding hydrogens is 248 g/mol. The Morgan fingerprint density at radius 1 is 1.47 bits per heavy atom. The number of hydrogen-bond donors (Lipinski definition) is 1. The minimum Gasteiger partial charge on any atom is -0.468 e. The number of β-amino-alcohol motifs (C(OH)–C–C–N with tert-alkyl or cyclic N) is 1. The van der Waals surface area contributed by atoms with Crippen LogP contribution in [0.3, 0.4) is 0 Å². The normalized spacial score (nSPS) is 33.5. The van der Waals surface area contributed by atoms with Crippen LogP contribution >= 0.6 is 0 Å². The number of esters is 1. The van der Waals surface area contributed by atoms with Crippen LogP contribution in [-0.2, 0) is 14.3 Å². The summed E-state index contributed by atoms with van der Waals surface area (Å²) in [4.78, 5) is 16.0. The first-order valence-corrected chi connectivity index (χ1v) is 6.98. The zero-order valence-corrected chi connectivity index (χ0v) is 11.7. The average molecular weight is 272 g/mol. The van der Waals surface area contributed by atoms with Gasteiger partial charge in [0.25, 0.3) is 0 Å². The fraction of sp³-hybridized carbons (Fsp3) is 0.923. The predicted molar refractivity (Wildman–Crippen MR) is 69.9 cm³/mol. The van der Waals surface area contributed by atoms with Crippen LogP contribution in [0.2, 0.25) is 0 Å². The van der Waals surface area contributed by atoms with Gasteiger partial charge in [-0.15, -0.1) is 0 Å². The summed E-state index contributed by atoms with van der Waals surface area (Å²) in [5.41, 5.74) is 0. The Labute approximate surface area is 114 Å². The summed E-state index contributed by atoms with van der Waals surface area (Å²) in [5, 5.41) is 9.74. The van der Waals surface area contributed by atoms with Gasteiger partial charge in [0.15, 0.2) is 0 Å². The maximum atomic E-state index is 11.7. The second-order valence-corrected chi connectivity index (χ2v) is 5.27. The molecule has 0 radical (unpaired) electrons. The van der Waals surface area contributed by atoms with Gasteiger partial charge in [0.05, 0.1) is 25.9 Å². The predicted octanol–water partition coefficient (Wildman–Crippen LogP) is -0.685. The van der Waals surface area contributed by atoms with E-state index in [-0.39, 0.29) is 18.1 Å². The van der Waals surface area contributed by atoms with Crippen LogP contribution in [0.4, 0.5) is 0 Å². The van der Waals surface area contributed by atoms with Crippen LogP contribution in [0, 0.1) is 0 Å². The summed E-state index contributed by atoms with van der Waals surface area (Å²) in [6.45, 7) is 6.94. The van der Waals surface area contributed by atoms with Crippen molar-refractivity contribution in [2.24, 2.45) is 0 Å². The first kappa shape index (κ1) is 14.7. The smallest absolute Gasteiger partial charge is 0.323 e. The minimum absolute atomic E-state index is 0.103. The molecule has 0 spiro atoms. The molecule has 0 aliphatic carbocycles. The van der Waals surface area contributed by atoms with Crippen LogP contribution < -0.4 is 0 Å². The van der Waals surface area contributed by atoms with E-state index < -0.39 is 6.10 Å². The van der Waals surface area contributed by atoms with E-state index in [0.717, 1.165) is 26.2 Å². The Morgan fingerprint density at radius 3 is 2.95 bits per heavy atom. The van der Waals surface area contributed by atoms with E-state index in [1.165, 1.54) is 7.11 Å². The Morgan fingerprint density at radius 2 is 2.26 bits per heavy atom. The minimum atomic E-state index is -0.449. The SMILES string of the molecule is CCN1CCOC(CN2CC(O)CC2C(=O)OC)C1. The number of methoxy groups -OCH3 is 1. The number of carbonyl (C=O) groups is 1. The monoisotopic (exact) mass is 272 g/mol. The quantitative estimate of drug-likeness (QED) is 0.684. The molecule has 2 saturated heterocycles. The van der Waals surface area contributed by atoms with Crippen LogP contribution in [0.25, 0.3) is 0 Å². The Balaban J connectivity index is 1.91. The maximum absolute atomic E-state index is 11.7. The Kier molecular flexibility index (Phi) is 5.15. The lowest BCUT2D eigenvalue weighted by Gasteiger charge is -2.35. The van der Waals surface area contributed by atoms with E-state index in [9.17, 15) is 9.90 Å². The summed E-state index contributed by atoms with van der Waals surface area (Å²) in [5.74, 6) is -0.264. The number of hydrogen-bond acceptors (Lipinski definition) is 6. The first-order chi connectivity index (χ1) is 9.13. The van der Waals surface area contributed by atoms with Gasteiger partial charge in [0, 0.05) is 32.6 Å². The highest BCUT2D eigenvalue weighted by Gasteiger charge is 2.38. The van der Waals surface area contributed by atoms with Gasteiger partial charge in [-0.05, 0) is 6.54 Å². The summed E-state index contributed by atoms with van der Waals surface area (Å²) >= 11 is 0. The van der Waals surface area contributed by atoms with Gasteiger partial charge in [0.1, 0.15) is 6.04 Å². The largest absolute Gasteiger partial charge is 0.468 e. The molecule has 0 amide bonds. The molecule has 0 saturated carbocycles. The summed E-state index contributed by atoms with van der Waals surface area (Å²) in [7, 11) is 1.39. The molecule has 1 N–H and O–H groups in total. The van der Waals surface area contributed by atoms with E-state index in [1.807, 2.05) is 4.90 Å². The first-order valence-electron chi connectivity index (χ1n) is 6.98. The van der Waals surface area contributed by atoms with E-state index in [0.29, 0.717) is 19.5 Å². The van der Waals surface area contributed by atoms with E-state index in [1.54, 1.807) is 0 Å². The van der Waals surface area contributed by atoms with Crippen LogP contribution in [-0.4, -0.2) is 85.6 Å². The van der Waals surface area contributed by atoms with Crippen molar-refractivity contribution in [1.82, 2.24) is 9.80 Å². The lowest BCUT2D eigenvalue weighted by Crippen LogP contribution is -2.49. The van der Waals surface area contributed by atoms with Crippen molar-refractivity contribution in [2.45, 2.75) is 31.6 Å². The molecule has 19 heavy (non-hydrogen) atoms. The maximum Gasteiger partial charge on any atom is 0.323 e. The molecule has 3 unspecified atom stereocenters. The highest BCUT2D eigenvalue weighted by atomic mass is 16.5. The molecule has 2 heterocycles. The van der Waals surface area contributed by atoms with Gasteiger partial charge in [-0.3, -0.25) is 14.6 Å². The number of likely N-dealkylation sites (tertiary alicyclic amines) is 1. The van der Waals surface area contributed by atoms with Crippen LogP contribution in [0.15, 0.2) is 0 Å². The average Bonchev–Trinajstić information content (AvgIpc) is 2.79. The molecule has 110 valence electrons. The number of nitrogens with zero attached hydrogens (tertiary/aromatic N) is 2. The highest BCUT2D eigenvalue weighted by molar-refractivity contribution is 5.76. The molecule has 0 bridgehead atoms. The molecule has 2 aliphatic rings. The molecule has 0 aromatic heterocycles. The van der Waals surface area contributed by atoms with Gasteiger partial charge in [0.2, 0.25) is 0 Å². The molecule has 0 aromatic carbocycles. The van der Waals surface area contributed by atoms with Crippen molar-refractivity contribution >= 4 is 5.97 Å². The van der Waals surface area contributed by atoms with Gasteiger partial charge >= 0.3 is 5.97 Å². The number of carbonyl (C=O) groups excluding carboxylic acids is 1. The summed E-state index contributed by atoms with van der Waals surface area (Å²) in [6.07, 6.45) is 0.109. The number of morpholine rings is 1. The fourth-order valence-electron chi connectivity index (χ4n) is 2.90. The number of likely N-dealkylation sites (N-methyl/N-ethyl adjacent to an activating group) is 1. The topological polar surface area (TPSA) is 62.2 Å². The van der Waals surface area contributed by atoms with Crippen LogP contribution in [0.1, 0.15) is 13.3 Å². The molecule has 3 atom stereocenters. The fourth-order valence-corrected chi connectivity index (χ4v) is 2.90. The Bertz CT molecular complexity index is 313. The van der Waals surface area contributed by atoms with Crippen molar-refractivity contribution in [1.29, 1.82) is 0 Å². The van der Waals surface area contributed by atoms with Gasteiger partial charge < -0.3 is 14.6 Å². The second kappa shape index (κ2) is 6.65. The van der Waals surface area contributed by atoms with E-state index in [2.05, 4.69) is 11.8 Å². The van der Waals surface area contributed by atoms with Gasteiger partial charge in [-0.25, -0.2) is 0 Å². The molecular formula is C13H24N2O4. The number of rotatable bonds is 4. The number of aliphatic hydroxyl groups is 1. The van der Waals surface area contributed by atoms with Crippen molar-refractivity contribution < 1.29 is 19.4 Å². The summed E-state index contributed by atoms with van der Waals surface area (Å²) < 4.78 is 10.6. The molecule has 2 aliphatic heterocycles. The van der Waals surface area contributed by atoms with Crippen molar-refractivity contribution in [3.8, 4) is 0 Å². The number of aliphatic hydroxyl groups excluding tert-OH is 1. The molecule has 2 fully saturated rings. The third-order valence-electron chi connectivity index (χ3n) is 3.96. The van der Waals surface area contributed by atoms with E-state index >= 15 is 0 Å². The second-order valence-electron chi connectivity index (χ2n) is 5.27. The third kappa shape index (κ3) is 3.66. The lowest BCUT2D eigenvalue weighted by molar-refractivity contribution is -0.146. The van der Waals surface area contributed by atoms with Gasteiger partial charge in [-0.1, -0.05) is 6.92 Å². The van der Waals surface area contributed by atoms with E-state index in [4.69, 9.17) is 9.47 Å².